The van der Waals surface area contributed by atoms with Gasteiger partial charge in [0, 0.05) is 7.11 Å². The molecule has 0 spiro atoms. The average Bonchev–Trinajstić information content (AvgIpc) is 1.35. The Kier molecular flexibility index (Phi) is 4.47. The van der Waals surface area contributed by atoms with Crippen LogP contribution < -0.4 is 0 Å². The molecule has 0 aliphatic carbocycles. The molecule has 0 rings (SSSR count). The van der Waals surface area contributed by atoms with Crippen molar-refractivity contribution in [2.75, 3.05) is 7.11 Å². The Labute approximate surface area is 39.7 Å². The lowest BCUT2D eigenvalue weighted by molar-refractivity contribution is 0.235. The predicted molar refractivity (Wildman–Crippen MR) is 21.6 cm³/mol. The molecule has 2 N–H and O–H groups in total. The minimum atomic E-state index is -4.15. The van der Waals surface area contributed by atoms with Gasteiger partial charge >= 0.3 is 7.82 Å². The first-order valence-electron chi connectivity index (χ1n) is 1.17. The molecule has 7 heavy (non-hydrogen) atoms. The first-order valence-corrected chi connectivity index (χ1v) is 2.70. The van der Waals surface area contributed by atoms with Gasteiger partial charge in [-0.1, -0.05) is 0 Å². The third-order valence-electron chi connectivity index (χ3n) is 0.238. The topological polar surface area (TPSA) is 66.8 Å². The summed E-state index contributed by atoms with van der Waals surface area (Å²) in [5.74, 6) is 0. The second-order valence-electron chi connectivity index (χ2n) is 0.673. The Hall–Kier alpha value is 0.0400. The summed E-state index contributed by atoms with van der Waals surface area (Å²) in [5.41, 5.74) is 0. The zero-order chi connectivity index (χ0) is 5.21. The van der Waals surface area contributed by atoms with Gasteiger partial charge in [-0.05, 0) is 0 Å². The fraction of sp³-hybridized carbons (Fsp3) is 1.00. The Morgan fingerprint density at radius 1 is 1.57 bits per heavy atom. The van der Waals surface area contributed by atoms with E-state index in [2.05, 4.69) is 4.52 Å². The molecule has 0 radical (unpaired) electrons. The van der Waals surface area contributed by atoms with E-state index in [1.54, 1.807) is 0 Å². The lowest BCUT2D eigenvalue weighted by atomic mass is 11.8. The van der Waals surface area contributed by atoms with E-state index < -0.39 is 7.82 Å². The first-order chi connectivity index (χ1) is 2.56. The smallest absolute Gasteiger partial charge is 0.303 e. The highest BCUT2D eigenvalue weighted by molar-refractivity contribution is 7.46. The van der Waals surface area contributed by atoms with Crippen molar-refractivity contribution in [2.24, 2.45) is 0 Å². The van der Waals surface area contributed by atoms with Crippen molar-refractivity contribution in [2.45, 2.75) is 0 Å². The van der Waals surface area contributed by atoms with Crippen molar-refractivity contribution in [1.82, 2.24) is 0 Å². The second kappa shape index (κ2) is 3.10. The molecular weight excluding hydrogens is 126 g/mol. The minimum Gasteiger partial charge on any atom is -0.303 e. The zero-order valence-corrected chi connectivity index (χ0v) is 4.46. The van der Waals surface area contributed by atoms with E-state index in [0.29, 0.717) is 0 Å². The van der Waals surface area contributed by atoms with Gasteiger partial charge in [0.15, 0.2) is 0 Å². The number of rotatable bonds is 1. The van der Waals surface area contributed by atoms with Crippen LogP contribution in [0.25, 0.3) is 0 Å². The number of phosphoric ester groups is 1. The second-order valence-corrected chi connectivity index (χ2v) is 2.02. The Morgan fingerprint density at radius 2 is 1.71 bits per heavy atom. The molecule has 0 fully saturated rings. The lowest BCUT2D eigenvalue weighted by Crippen LogP contribution is -1.76. The van der Waals surface area contributed by atoms with Gasteiger partial charge in [0.1, 0.15) is 0 Å². The molecule has 0 saturated heterocycles. The van der Waals surface area contributed by atoms with Crippen LogP contribution >= 0.6 is 7.82 Å². The Balaban J connectivity index is 0. The molecule has 0 unspecified atom stereocenters. The van der Waals surface area contributed by atoms with E-state index in [0.717, 1.165) is 7.11 Å². The van der Waals surface area contributed by atoms with Gasteiger partial charge in [-0.2, -0.15) is 0 Å². The molecule has 4 nitrogen and oxygen atoms in total. The summed E-state index contributed by atoms with van der Waals surface area (Å²) in [6.07, 6.45) is 0. The summed E-state index contributed by atoms with van der Waals surface area (Å²) >= 11 is 0. The Bertz CT molecular complexity index is 75.8. The molecule has 0 bridgehead atoms. The predicted octanol–water partition coefficient (Wildman–Crippen LogP) is -0.122. The van der Waals surface area contributed by atoms with Crippen LogP contribution in [0, 0.1) is 0 Å². The molecule has 0 aromatic carbocycles. The summed E-state index contributed by atoms with van der Waals surface area (Å²) in [7, 11) is -3.20. The van der Waals surface area contributed by atoms with Crippen LogP contribution in [0.4, 0.5) is 4.70 Å². The van der Waals surface area contributed by atoms with Gasteiger partial charge in [-0.25, -0.2) is 4.57 Å². The van der Waals surface area contributed by atoms with E-state index in [9.17, 15) is 4.57 Å². The molecule has 0 aliphatic rings. The van der Waals surface area contributed by atoms with Crippen molar-refractivity contribution in [1.29, 1.82) is 0 Å². The lowest BCUT2D eigenvalue weighted by Gasteiger charge is -1.93. The number of halogens is 1. The zero-order valence-electron chi connectivity index (χ0n) is 3.57. The number of hydrogen-bond acceptors (Lipinski definition) is 2. The fourth-order valence-electron chi connectivity index (χ4n) is 0. The normalized spacial score (nSPS) is 10.1. The molecule has 46 valence electrons. The molecule has 0 aromatic rings. The van der Waals surface area contributed by atoms with Gasteiger partial charge in [-0.3, -0.25) is 9.23 Å². The van der Waals surface area contributed by atoms with Crippen LogP contribution in [0.2, 0.25) is 0 Å². The largest absolute Gasteiger partial charge is 0.469 e. The monoisotopic (exact) mass is 132 g/mol. The van der Waals surface area contributed by atoms with Crippen molar-refractivity contribution in [3.05, 3.63) is 0 Å². The molecule has 0 saturated carbocycles. The molecular formula is CH6FO4P. The highest BCUT2D eigenvalue weighted by Crippen LogP contribution is 2.33. The highest BCUT2D eigenvalue weighted by Gasteiger charge is 2.07. The summed E-state index contributed by atoms with van der Waals surface area (Å²) in [6.45, 7) is 0. The van der Waals surface area contributed by atoms with Crippen LogP contribution in [-0.4, -0.2) is 16.9 Å². The number of phosphoric acid groups is 1. The summed E-state index contributed by atoms with van der Waals surface area (Å²) in [4.78, 5) is 15.4. The maximum atomic E-state index is 9.47. The van der Waals surface area contributed by atoms with E-state index >= 15 is 0 Å². The third kappa shape index (κ3) is 10.7. The Morgan fingerprint density at radius 3 is 1.71 bits per heavy atom. The van der Waals surface area contributed by atoms with Gasteiger partial charge in [0.05, 0.1) is 0 Å². The van der Waals surface area contributed by atoms with Crippen LogP contribution in [0.3, 0.4) is 0 Å². The minimum absolute atomic E-state index is 0. The summed E-state index contributed by atoms with van der Waals surface area (Å²) < 4.78 is 13.1. The van der Waals surface area contributed by atoms with Gasteiger partial charge < -0.3 is 9.79 Å². The van der Waals surface area contributed by atoms with Gasteiger partial charge in [0.25, 0.3) is 0 Å². The van der Waals surface area contributed by atoms with Crippen LogP contribution in [0.15, 0.2) is 0 Å². The SMILES string of the molecule is COP(=O)(O)O.F. The van der Waals surface area contributed by atoms with Gasteiger partial charge in [-0.15, -0.1) is 0 Å². The third-order valence-corrected chi connectivity index (χ3v) is 0.714. The van der Waals surface area contributed by atoms with Crippen molar-refractivity contribution < 1.29 is 23.6 Å². The maximum Gasteiger partial charge on any atom is 0.469 e. The highest BCUT2D eigenvalue weighted by atomic mass is 31.2. The van der Waals surface area contributed by atoms with E-state index in [-0.39, 0.29) is 4.70 Å². The molecule has 6 heteroatoms. The van der Waals surface area contributed by atoms with Crippen molar-refractivity contribution >= 4 is 7.82 Å². The van der Waals surface area contributed by atoms with Crippen molar-refractivity contribution in [3.63, 3.8) is 0 Å². The van der Waals surface area contributed by atoms with Crippen LogP contribution in [0.5, 0.6) is 0 Å². The van der Waals surface area contributed by atoms with E-state index in [4.69, 9.17) is 9.79 Å². The quantitative estimate of drug-likeness (QED) is 0.488. The van der Waals surface area contributed by atoms with Gasteiger partial charge in [0.2, 0.25) is 0 Å². The summed E-state index contributed by atoms with van der Waals surface area (Å²) in [5, 5.41) is 0. The maximum absolute atomic E-state index is 9.47. The summed E-state index contributed by atoms with van der Waals surface area (Å²) in [6, 6.07) is 0. The average molecular weight is 132 g/mol. The van der Waals surface area contributed by atoms with E-state index in [1.165, 1.54) is 0 Å². The fourth-order valence-corrected chi connectivity index (χ4v) is 0. The van der Waals surface area contributed by atoms with Crippen LogP contribution in [0.1, 0.15) is 0 Å². The van der Waals surface area contributed by atoms with E-state index in [1.807, 2.05) is 0 Å². The molecule has 0 atom stereocenters. The molecule has 0 amide bonds. The molecule has 0 heterocycles. The first kappa shape index (κ1) is 10.1. The number of hydrogen-bond donors (Lipinski definition) is 2. The van der Waals surface area contributed by atoms with Crippen LogP contribution in [-0.2, 0) is 9.09 Å². The molecule has 0 aromatic heterocycles. The standard InChI is InChI=1S/CH5O4P.FH/c1-5-6(2,3)4;/h1H3,(H2,2,3,4);1H. The molecule has 0 aliphatic heterocycles. The van der Waals surface area contributed by atoms with Crippen molar-refractivity contribution in [3.8, 4) is 0 Å².